The fourth-order valence-electron chi connectivity index (χ4n) is 2.24. The molecule has 3 rings (SSSR count). The summed E-state index contributed by atoms with van der Waals surface area (Å²) in [4.78, 5) is 17.1. The van der Waals surface area contributed by atoms with Crippen LogP contribution in [0.2, 0.25) is 0 Å². The van der Waals surface area contributed by atoms with Gasteiger partial charge in [-0.25, -0.2) is 0 Å². The number of ketones is 1. The minimum absolute atomic E-state index is 0.120. The number of benzene rings is 1. The molecule has 0 unspecified atom stereocenters. The maximum atomic E-state index is 12.3. The van der Waals surface area contributed by atoms with Gasteiger partial charge in [-0.3, -0.25) is 9.78 Å². The van der Waals surface area contributed by atoms with Crippen LogP contribution < -0.4 is 0 Å². The summed E-state index contributed by atoms with van der Waals surface area (Å²) >= 11 is 1.41. The number of carbonyl (C=O) groups is 1. The van der Waals surface area contributed by atoms with Crippen molar-refractivity contribution < 1.29 is 4.79 Å². The number of rotatable bonds is 3. The van der Waals surface area contributed by atoms with Gasteiger partial charge in [0.15, 0.2) is 0 Å². The van der Waals surface area contributed by atoms with Gasteiger partial charge in [-0.15, -0.1) is 11.3 Å². The first kappa shape index (κ1) is 10.7. The van der Waals surface area contributed by atoms with Crippen molar-refractivity contribution in [3.63, 3.8) is 0 Å². The summed E-state index contributed by atoms with van der Waals surface area (Å²) < 4.78 is 0. The smallest absolute Gasteiger partial charge is 0.204 e. The summed E-state index contributed by atoms with van der Waals surface area (Å²) in [5.74, 6) is 0.707. The first-order chi connectivity index (χ1) is 8.36. The van der Waals surface area contributed by atoms with Gasteiger partial charge in [-0.05, 0) is 24.3 Å². The van der Waals surface area contributed by atoms with E-state index in [0.29, 0.717) is 5.92 Å². The summed E-state index contributed by atoms with van der Waals surface area (Å²) in [6, 6.07) is 8.00. The van der Waals surface area contributed by atoms with E-state index in [1.54, 1.807) is 11.7 Å². The summed E-state index contributed by atoms with van der Waals surface area (Å²) in [7, 11) is 0. The Balaban J connectivity index is 1.99. The lowest BCUT2D eigenvalue weighted by Crippen LogP contribution is -2.13. The molecule has 2 nitrogen and oxygen atoms in total. The zero-order valence-electron chi connectivity index (χ0n) is 9.43. The van der Waals surface area contributed by atoms with Gasteiger partial charge in [0.2, 0.25) is 5.78 Å². The van der Waals surface area contributed by atoms with Gasteiger partial charge in [0.1, 0.15) is 0 Å². The molecular weight excluding hydrogens is 230 g/mol. The molecule has 1 fully saturated rings. The molecule has 0 aliphatic heterocycles. The van der Waals surface area contributed by atoms with Crippen molar-refractivity contribution >= 4 is 17.1 Å². The maximum Gasteiger partial charge on any atom is 0.204 e. The van der Waals surface area contributed by atoms with Crippen LogP contribution >= 0.6 is 11.3 Å². The molecule has 17 heavy (non-hydrogen) atoms. The van der Waals surface area contributed by atoms with E-state index in [-0.39, 0.29) is 5.78 Å². The predicted octanol–water partition coefficient (Wildman–Crippen LogP) is 3.64. The van der Waals surface area contributed by atoms with Gasteiger partial charge in [0.25, 0.3) is 0 Å². The van der Waals surface area contributed by atoms with E-state index in [0.717, 1.165) is 10.4 Å². The normalized spacial score (nSPS) is 15.5. The summed E-state index contributed by atoms with van der Waals surface area (Å²) in [5, 5.41) is 0. The minimum Gasteiger partial charge on any atom is -0.288 e. The highest BCUT2D eigenvalue weighted by Crippen LogP contribution is 2.38. The van der Waals surface area contributed by atoms with Gasteiger partial charge in [0, 0.05) is 11.8 Å². The van der Waals surface area contributed by atoms with Gasteiger partial charge >= 0.3 is 0 Å². The highest BCUT2D eigenvalue weighted by Gasteiger charge is 2.24. The van der Waals surface area contributed by atoms with E-state index in [2.05, 4.69) is 11.1 Å². The van der Waals surface area contributed by atoms with Crippen LogP contribution in [0.3, 0.4) is 0 Å². The quantitative estimate of drug-likeness (QED) is 0.770. The minimum atomic E-state index is 0.120. The van der Waals surface area contributed by atoms with Crippen molar-refractivity contribution in [3.05, 3.63) is 52.0 Å². The van der Waals surface area contributed by atoms with Crippen molar-refractivity contribution in [2.24, 2.45) is 0 Å². The number of hydrogen-bond donors (Lipinski definition) is 0. The highest BCUT2D eigenvalue weighted by molar-refractivity contribution is 7.11. The van der Waals surface area contributed by atoms with Crippen LogP contribution in [0.5, 0.6) is 0 Å². The molecule has 1 aliphatic carbocycles. The molecule has 0 bridgehead atoms. The molecule has 0 saturated heterocycles. The molecule has 1 saturated carbocycles. The van der Waals surface area contributed by atoms with E-state index in [4.69, 9.17) is 0 Å². The SMILES string of the molecule is O=C(c1cncs1)c1ccccc1C1CCC1. The third kappa shape index (κ3) is 1.91. The van der Waals surface area contributed by atoms with Crippen molar-refractivity contribution in [2.45, 2.75) is 25.2 Å². The van der Waals surface area contributed by atoms with Crippen LogP contribution in [0, 0.1) is 0 Å². The monoisotopic (exact) mass is 243 g/mol. The van der Waals surface area contributed by atoms with E-state index < -0.39 is 0 Å². The first-order valence-electron chi connectivity index (χ1n) is 5.88. The van der Waals surface area contributed by atoms with Gasteiger partial charge in [0.05, 0.1) is 10.4 Å². The molecule has 1 heterocycles. The van der Waals surface area contributed by atoms with Gasteiger partial charge < -0.3 is 0 Å². The number of carbonyl (C=O) groups excluding carboxylic acids is 1. The van der Waals surface area contributed by atoms with E-state index in [1.807, 2.05) is 18.2 Å². The largest absolute Gasteiger partial charge is 0.288 e. The van der Waals surface area contributed by atoms with E-state index in [1.165, 1.54) is 36.2 Å². The zero-order valence-corrected chi connectivity index (χ0v) is 10.2. The fourth-order valence-corrected chi connectivity index (χ4v) is 2.81. The Hall–Kier alpha value is -1.48. The number of aromatic nitrogens is 1. The first-order valence-corrected chi connectivity index (χ1v) is 6.76. The van der Waals surface area contributed by atoms with Crippen molar-refractivity contribution in [3.8, 4) is 0 Å². The fraction of sp³-hybridized carbons (Fsp3) is 0.286. The average Bonchev–Trinajstić information content (AvgIpc) is 2.80. The van der Waals surface area contributed by atoms with E-state index in [9.17, 15) is 4.79 Å². The summed E-state index contributed by atoms with van der Waals surface area (Å²) in [6.45, 7) is 0. The van der Waals surface area contributed by atoms with Crippen LogP contribution in [0.25, 0.3) is 0 Å². The van der Waals surface area contributed by atoms with Crippen LogP contribution in [0.15, 0.2) is 36.0 Å². The van der Waals surface area contributed by atoms with Gasteiger partial charge in [-0.1, -0.05) is 30.7 Å². The third-order valence-electron chi connectivity index (χ3n) is 3.41. The molecule has 0 amide bonds. The molecule has 1 aromatic carbocycles. The second-order valence-electron chi connectivity index (χ2n) is 4.41. The lowest BCUT2D eigenvalue weighted by Gasteiger charge is -2.27. The van der Waals surface area contributed by atoms with Crippen LogP contribution in [-0.2, 0) is 0 Å². The standard InChI is InChI=1S/C14H13NOS/c16-14(13-8-15-9-17-13)12-7-2-1-6-11(12)10-4-3-5-10/h1-2,6-10H,3-5H2. The Bertz CT molecular complexity index is 529. The number of thiazole rings is 1. The maximum absolute atomic E-state index is 12.3. The molecule has 86 valence electrons. The zero-order chi connectivity index (χ0) is 11.7. The van der Waals surface area contributed by atoms with Crippen LogP contribution in [0.4, 0.5) is 0 Å². The Kier molecular flexibility index (Phi) is 2.77. The highest BCUT2D eigenvalue weighted by atomic mass is 32.1. The molecule has 0 spiro atoms. The van der Waals surface area contributed by atoms with Crippen LogP contribution in [0.1, 0.15) is 46.0 Å². The topological polar surface area (TPSA) is 30.0 Å². The molecule has 3 heteroatoms. The molecule has 2 aromatic rings. The molecular formula is C14H13NOS. The summed E-state index contributed by atoms with van der Waals surface area (Å²) in [6.07, 6.45) is 5.37. The molecule has 0 N–H and O–H groups in total. The Morgan fingerprint density at radius 1 is 1.29 bits per heavy atom. The summed E-state index contributed by atoms with van der Waals surface area (Å²) in [5.41, 5.74) is 3.79. The molecule has 0 atom stereocenters. The Morgan fingerprint density at radius 3 is 2.76 bits per heavy atom. The third-order valence-corrected chi connectivity index (χ3v) is 4.18. The predicted molar refractivity (Wildman–Crippen MR) is 68.6 cm³/mol. The lowest BCUT2D eigenvalue weighted by atomic mass is 9.77. The molecule has 0 radical (unpaired) electrons. The Morgan fingerprint density at radius 2 is 2.12 bits per heavy atom. The molecule has 1 aliphatic rings. The average molecular weight is 243 g/mol. The second kappa shape index (κ2) is 4.41. The van der Waals surface area contributed by atoms with Crippen molar-refractivity contribution in [1.29, 1.82) is 0 Å². The lowest BCUT2D eigenvalue weighted by molar-refractivity contribution is 0.104. The van der Waals surface area contributed by atoms with Crippen LogP contribution in [-0.4, -0.2) is 10.8 Å². The number of hydrogen-bond acceptors (Lipinski definition) is 3. The second-order valence-corrected chi connectivity index (χ2v) is 5.30. The van der Waals surface area contributed by atoms with Gasteiger partial charge in [-0.2, -0.15) is 0 Å². The van der Waals surface area contributed by atoms with E-state index >= 15 is 0 Å². The van der Waals surface area contributed by atoms with Crippen molar-refractivity contribution in [2.75, 3.05) is 0 Å². The molecule has 1 aromatic heterocycles. The number of nitrogens with zero attached hydrogens (tertiary/aromatic N) is 1. The Labute approximate surface area is 104 Å². The van der Waals surface area contributed by atoms with Crippen molar-refractivity contribution in [1.82, 2.24) is 4.98 Å².